The Labute approximate surface area is 113 Å². The zero-order valence-electron chi connectivity index (χ0n) is 9.07. The van der Waals surface area contributed by atoms with Crippen molar-refractivity contribution in [1.82, 2.24) is 0 Å². The second-order valence-electron chi connectivity index (χ2n) is 4.34. The molecule has 4 rings (SSSR count). The molecule has 1 heterocycles. The fourth-order valence-corrected chi connectivity index (χ4v) is 3.23. The minimum atomic E-state index is 1.16. The van der Waals surface area contributed by atoms with Gasteiger partial charge in [0.1, 0.15) is 0 Å². The SMILES string of the molecule is [Zr][C]1=Nc2c3c(ccc2=C1)=c1ccccc1=C3. The van der Waals surface area contributed by atoms with E-state index in [1.807, 2.05) is 0 Å². The van der Waals surface area contributed by atoms with Crippen molar-refractivity contribution in [3.05, 3.63) is 62.8 Å². The van der Waals surface area contributed by atoms with Crippen LogP contribution >= 0.6 is 0 Å². The molecule has 0 N–H and O–H groups in total. The summed E-state index contributed by atoms with van der Waals surface area (Å²) in [6.45, 7) is 0. The van der Waals surface area contributed by atoms with E-state index in [2.05, 4.69) is 53.5 Å². The van der Waals surface area contributed by atoms with E-state index in [9.17, 15) is 0 Å². The van der Waals surface area contributed by atoms with E-state index in [1.54, 1.807) is 0 Å². The van der Waals surface area contributed by atoms with Gasteiger partial charge in [0.15, 0.2) is 0 Å². The van der Waals surface area contributed by atoms with Gasteiger partial charge in [-0.1, -0.05) is 0 Å². The standard InChI is InChI=1S/C15H8N.Zr/c1-2-4-12-11(3-1)9-14-13(12)6-5-10-7-8-16-15(10)14;/h1-7,9H;. The molecule has 2 aromatic rings. The number of benzene rings is 2. The molecule has 0 saturated carbocycles. The molecule has 2 aromatic carbocycles. The molecule has 0 radical (unpaired) electrons. The van der Waals surface area contributed by atoms with Gasteiger partial charge >= 0.3 is 114 Å². The van der Waals surface area contributed by atoms with Gasteiger partial charge in [-0.2, -0.15) is 0 Å². The van der Waals surface area contributed by atoms with Crippen LogP contribution in [0, 0.1) is 10.4 Å². The van der Waals surface area contributed by atoms with Gasteiger partial charge in [-0.05, 0) is 0 Å². The number of nitrogens with zero attached hydrogens (tertiary/aromatic N) is 1. The van der Waals surface area contributed by atoms with Gasteiger partial charge in [0.2, 0.25) is 0 Å². The van der Waals surface area contributed by atoms with Crippen molar-refractivity contribution in [2.24, 2.45) is 4.99 Å². The first-order valence-electron chi connectivity index (χ1n) is 5.59. The fraction of sp³-hybridized carbons (Fsp3) is 0. The number of fused-ring (bicyclic) bond motifs is 4. The third kappa shape index (κ3) is 1.31. The topological polar surface area (TPSA) is 12.4 Å². The predicted octanol–water partition coefficient (Wildman–Crippen LogP) is 1.49. The van der Waals surface area contributed by atoms with Gasteiger partial charge in [0.05, 0.1) is 0 Å². The summed E-state index contributed by atoms with van der Waals surface area (Å²) in [4.78, 5) is 4.68. The van der Waals surface area contributed by atoms with Crippen LogP contribution in [0.5, 0.6) is 0 Å². The first-order valence-corrected chi connectivity index (χ1v) is 6.82. The molecule has 0 saturated heterocycles. The van der Waals surface area contributed by atoms with Crippen LogP contribution in [-0.2, 0) is 24.7 Å². The fourth-order valence-electron chi connectivity index (χ4n) is 2.57. The van der Waals surface area contributed by atoms with Crippen LogP contribution in [0.3, 0.4) is 0 Å². The third-order valence-electron chi connectivity index (χ3n) is 3.32. The molecule has 0 bridgehead atoms. The molecule has 0 unspecified atom stereocenters. The Balaban J connectivity index is 2.29. The molecule has 1 aliphatic carbocycles. The molecule has 0 fully saturated rings. The van der Waals surface area contributed by atoms with Crippen molar-refractivity contribution in [2.75, 3.05) is 0 Å². The van der Waals surface area contributed by atoms with Crippen LogP contribution in [0.4, 0.5) is 5.69 Å². The normalized spacial score (nSPS) is 14.2. The summed E-state index contributed by atoms with van der Waals surface area (Å²) >= 11 is 1.38. The van der Waals surface area contributed by atoms with Crippen molar-refractivity contribution in [1.29, 1.82) is 0 Å². The van der Waals surface area contributed by atoms with Crippen LogP contribution in [-0.4, -0.2) is 3.42 Å². The molecular formula is C15H8NZr. The molecule has 77 valence electrons. The Hall–Kier alpha value is -1.27. The Morgan fingerprint density at radius 1 is 0.824 bits per heavy atom. The maximum absolute atomic E-state index is 4.68. The molecule has 2 heteroatoms. The number of rotatable bonds is 0. The van der Waals surface area contributed by atoms with Crippen LogP contribution in [0.15, 0.2) is 41.4 Å². The second kappa shape index (κ2) is 3.37. The Kier molecular flexibility index (Phi) is 1.93. The molecular weight excluding hydrogens is 285 g/mol. The van der Waals surface area contributed by atoms with Crippen molar-refractivity contribution < 1.29 is 24.7 Å². The summed E-state index contributed by atoms with van der Waals surface area (Å²) in [6.07, 6.45) is 4.44. The minimum absolute atomic E-state index is 1.16. The van der Waals surface area contributed by atoms with Crippen molar-refractivity contribution >= 4 is 21.3 Å². The summed E-state index contributed by atoms with van der Waals surface area (Å²) in [6, 6.07) is 12.9. The van der Waals surface area contributed by atoms with Crippen LogP contribution in [0.2, 0.25) is 0 Å². The van der Waals surface area contributed by atoms with Gasteiger partial charge in [0, 0.05) is 0 Å². The van der Waals surface area contributed by atoms with Gasteiger partial charge in [-0.15, -0.1) is 0 Å². The van der Waals surface area contributed by atoms with Gasteiger partial charge < -0.3 is 0 Å². The number of aliphatic imine (C=N–C) groups is 1. The quantitative estimate of drug-likeness (QED) is 0.595. The van der Waals surface area contributed by atoms with Crippen molar-refractivity contribution in [3.8, 4) is 0 Å². The monoisotopic (exact) mass is 292 g/mol. The summed E-state index contributed by atoms with van der Waals surface area (Å²) in [5, 5.41) is 5.23. The Morgan fingerprint density at radius 2 is 1.71 bits per heavy atom. The van der Waals surface area contributed by atoms with Crippen LogP contribution in [0.25, 0.3) is 12.2 Å². The molecule has 0 amide bonds. The Bertz CT molecular complexity index is 891. The summed E-state index contributed by atoms with van der Waals surface area (Å²) in [5.41, 5.74) is 2.45. The summed E-state index contributed by atoms with van der Waals surface area (Å²) in [5.74, 6) is 0. The van der Waals surface area contributed by atoms with Crippen molar-refractivity contribution in [2.45, 2.75) is 0 Å². The molecule has 17 heavy (non-hydrogen) atoms. The number of hydrogen-bond donors (Lipinski definition) is 0. The summed E-state index contributed by atoms with van der Waals surface area (Å²) < 4.78 is 1.19. The molecule has 1 nitrogen and oxygen atoms in total. The van der Waals surface area contributed by atoms with Gasteiger partial charge in [0.25, 0.3) is 0 Å². The molecule has 1 aliphatic heterocycles. The molecule has 0 spiro atoms. The van der Waals surface area contributed by atoms with E-state index in [-0.39, 0.29) is 0 Å². The van der Waals surface area contributed by atoms with E-state index in [0.717, 1.165) is 5.69 Å². The Morgan fingerprint density at radius 3 is 2.65 bits per heavy atom. The zero-order chi connectivity index (χ0) is 11.4. The second-order valence-corrected chi connectivity index (χ2v) is 5.60. The predicted molar refractivity (Wildman–Crippen MR) is 64.9 cm³/mol. The van der Waals surface area contributed by atoms with Crippen LogP contribution in [0.1, 0.15) is 5.56 Å². The van der Waals surface area contributed by atoms with E-state index < -0.39 is 0 Å². The molecule has 2 aliphatic rings. The molecule has 0 aromatic heterocycles. The zero-order valence-corrected chi connectivity index (χ0v) is 11.5. The average Bonchev–Trinajstić information content (AvgIpc) is 2.87. The van der Waals surface area contributed by atoms with E-state index in [1.165, 1.54) is 54.6 Å². The van der Waals surface area contributed by atoms with Gasteiger partial charge in [-0.3, -0.25) is 0 Å². The van der Waals surface area contributed by atoms with Gasteiger partial charge in [-0.25, -0.2) is 0 Å². The van der Waals surface area contributed by atoms with Crippen molar-refractivity contribution in [3.63, 3.8) is 0 Å². The maximum atomic E-state index is 4.68. The summed E-state index contributed by atoms with van der Waals surface area (Å²) in [7, 11) is 0. The molecule has 0 atom stereocenters. The van der Waals surface area contributed by atoms with E-state index in [0.29, 0.717) is 0 Å². The first-order chi connectivity index (χ1) is 8.33. The third-order valence-corrected chi connectivity index (χ3v) is 3.95. The van der Waals surface area contributed by atoms with Crippen LogP contribution < -0.4 is 10.4 Å². The number of hydrogen-bond acceptors (Lipinski definition) is 1. The average molecular weight is 293 g/mol. The van der Waals surface area contributed by atoms with E-state index in [4.69, 9.17) is 0 Å². The first kappa shape index (κ1) is 9.73. The van der Waals surface area contributed by atoms with E-state index >= 15 is 0 Å².